The number of benzene rings is 1. The van der Waals surface area contributed by atoms with E-state index >= 15 is 0 Å². The highest BCUT2D eigenvalue weighted by molar-refractivity contribution is 5.88. The number of piperazine rings is 1. The zero-order valence-electron chi connectivity index (χ0n) is 13.8. The molecule has 0 aliphatic carbocycles. The molecule has 1 aliphatic heterocycles. The Labute approximate surface area is 137 Å². The molecule has 23 heavy (non-hydrogen) atoms. The maximum absolute atomic E-state index is 12.2. The molecule has 2 amide bonds. The van der Waals surface area contributed by atoms with Gasteiger partial charge in [-0.2, -0.15) is 0 Å². The van der Waals surface area contributed by atoms with Crippen molar-refractivity contribution in [3.8, 4) is 0 Å². The number of hydrogen-bond acceptors (Lipinski definition) is 4. The Morgan fingerprint density at radius 3 is 2.74 bits per heavy atom. The van der Waals surface area contributed by atoms with Crippen LogP contribution in [0.3, 0.4) is 0 Å². The van der Waals surface area contributed by atoms with Crippen molar-refractivity contribution in [1.82, 2.24) is 15.1 Å². The quantitative estimate of drug-likeness (QED) is 0.782. The molecule has 2 N–H and O–H groups in total. The van der Waals surface area contributed by atoms with Crippen molar-refractivity contribution < 1.29 is 14.7 Å². The van der Waals surface area contributed by atoms with Crippen molar-refractivity contribution in [3.05, 3.63) is 35.4 Å². The summed E-state index contributed by atoms with van der Waals surface area (Å²) >= 11 is 0. The molecule has 0 bridgehead atoms. The third-order valence-electron chi connectivity index (χ3n) is 4.18. The molecular weight excluding hydrogens is 294 g/mol. The maximum Gasteiger partial charge on any atom is 0.237 e. The van der Waals surface area contributed by atoms with Crippen LogP contribution in [0.15, 0.2) is 24.3 Å². The first-order valence-electron chi connectivity index (χ1n) is 7.93. The highest BCUT2D eigenvalue weighted by Crippen LogP contribution is 2.15. The lowest BCUT2D eigenvalue weighted by molar-refractivity contribution is -0.138. The Morgan fingerprint density at radius 2 is 2.09 bits per heavy atom. The Kier molecular flexibility index (Phi) is 6.12. The van der Waals surface area contributed by atoms with Crippen LogP contribution in [0.5, 0.6) is 0 Å². The van der Waals surface area contributed by atoms with Gasteiger partial charge in [-0.3, -0.25) is 14.5 Å². The summed E-state index contributed by atoms with van der Waals surface area (Å²) in [6.45, 7) is 4.21. The zero-order valence-corrected chi connectivity index (χ0v) is 13.8. The Balaban J connectivity index is 2.05. The van der Waals surface area contributed by atoms with Gasteiger partial charge in [-0.05, 0) is 12.5 Å². The standard InChI is InChI=1S/C17H25N3O3/c1-13-3-5-14(6-4-13)12-20-8-7-18-17(23)15(20)11-16(22)19(2)9-10-21/h3-6,15,21H,7-12H2,1-2H3,(H,18,23). The van der Waals surface area contributed by atoms with Crippen LogP contribution in [0, 0.1) is 6.92 Å². The molecular formula is C17H25N3O3. The summed E-state index contributed by atoms with van der Waals surface area (Å²) in [5.41, 5.74) is 2.33. The van der Waals surface area contributed by atoms with Gasteiger partial charge in [-0.25, -0.2) is 0 Å². The van der Waals surface area contributed by atoms with Gasteiger partial charge in [-0.15, -0.1) is 0 Å². The molecule has 126 valence electrons. The van der Waals surface area contributed by atoms with Gasteiger partial charge in [-0.1, -0.05) is 29.8 Å². The summed E-state index contributed by atoms with van der Waals surface area (Å²) in [6.07, 6.45) is 0.133. The van der Waals surface area contributed by atoms with E-state index in [0.29, 0.717) is 13.1 Å². The van der Waals surface area contributed by atoms with E-state index in [0.717, 1.165) is 12.1 Å². The molecule has 0 saturated carbocycles. The Morgan fingerprint density at radius 1 is 1.39 bits per heavy atom. The molecule has 1 aromatic rings. The molecule has 1 fully saturated rings. The maximum atomic E-state index is 12.2. The highest BCUT2D eigenvalue weighted by atomic mass is 16.3. The number of aliphatic hydroxyl groups is 1. The second kappa shape index (κ2) is 8.08. The van der Waals surface area contributed by atoms with Crippen LogP contribution >= 0.6 is 0 Å². The smallest absolute Gasteiger partial charge is 0.237 e. The number of likely N-dealkylation sites (N-methyl/N-ethyl adjacent to an activating group) is 1. The molecule has 0 radical (unpaired) electrons. The predicted molar refractivity (Wildman–Crippen MR) is 87.7 cm³/mol. The SMILES string of the molecule is Cc1ccc(CN2CCNC(=O)C2CC(=O)N(C)CCO)cc1. The van der Waals surface area contributed by atoms with Gasteiger partial charge in [0.15, 0.2) is 0 Å². The minimum absolute atomic E-state index is 0.0772. The second-order valence-electron chi connectivity index (χ2n) is 6.01. The van der Waals surface area contributed by atoms with Crippen LogP contribution < -0.4 is 5.32 Å². The van der Waals surface area contributed by atoms with Gasteiger partial charge in [0, 0.05) is 33.2 Å². The third-order valence-corrected chi connectivity index (χ3v) is 4.18. The lowest BCUT2D eigenvalue weighted by Crippen LogP contribution is -2.56. The first-order chi connectivity index (χ1) is 11.0. The van der Waals surface area contributed by atoms with Crippen LogP contribution in [-0.4, -0.2) is 66.1 Å². The molecule has 0 aromatic heterocycles. The molecule has 2 rings (SSSR count). The van der Waals surface area contributed by atoms with Crippen molar-refractivity contribution >= 4 is 11.8 Å². The van der Waals surface area contributed by atoms with E-state index in [-0.39, 0.29) is 31.4 Å². The van der Waals surface area contributed by atoms with E-state index in [1.54, 1.807) is 7.05 Å². The van der Waals surface area contributed by atoms with Crippen molar-refractivity contribution in [2.45, 2.75) is 25.9 Å². The molecule has 1 heterocycles. The van der Waals surface area contributed by atoms with Gasteiger partial charge in [0.05, 0.1) is 19.1 Å². The van der Waals surface area contributed by atoms with Gasteiger partial charge in [0.25, 0.3) is 0 Å². The first kappa shape index (κ1) is 17.4. The highest BCUT2D eigenvalue weighted by Gasteiger charge is 2.32. The van der Waals surface area contributed by atoms with E-state index in [2.05, 4.69) is 29.6 Å². The zero-order chi connectivity index (χ0) is 16.8. The first-order valence-corrected chi connectivity index (χ1v) is 7.93. The average Bonchev–Trinajstić information content (AvgIpc) is 2.53. The summed E-state index contributed by atoms with van der Waals surface area (Å²) in [5, 5.41) is 11.8. The van der Waals surface area contributed by atoms with Crippen molar-refractivity contribution in [2.75, 3.05) is 33.3 Å². The van der Waals surface area contributed by atoms with Crippen LogP contribution in [0.1, 0.15) is 17.5 Å². The lowest BCUT2D eigenvalue weighted by Gasteiger charge is -2.35. The number of aliphatic hydroxyl groups excluding tert-OH is 1. The number of rotatable bonds is 6. The van der Waals surface area contributed by atoms with E-state index in [1.807, 2.05) is 11.8 Å². The summed E-state index contributed by atoms with van der Waals surface area (Å²) in [7, 11) is 1.64. The minimum Gasteiger partial charge on any atom is -0.395 e. The molecule has 1 aliphatic rings. The number of aryl methyl sites for hydroxylation is 1. The van der Waals surface area contributed by atoms with Crippen LogP contribution in [0.25, 0.3) is 0 Å². The van der Waals surface area contributed by atoms with E-state index in [9.17, 15) is 9.59 Å². The van der Waals surface area contributed by atoms with Crippen molar-refractivity contribution in [3.63, 3.8) is 0 Å². The van der Waals surface area contributed by atoms with Crippen molar-refractivity contribution in [2.24, 2.45) is 0 Å². The van der Waals surface area contributed by atoms with Crippen molar-refractivity contribution in [1.29, 1.82) is 0 Å². The third kappa shape index (κ3) is 4.77. The van der Waals surface area contributed by atoms with E-state index in [1.165, 1.54) is 10.5 Å². The summed E-state index contributed by atoms with van der Waals surface area (Å²) in [5.74, 6) is -0.232. The molecule has 1 saturated heterocycles. The number of nitrogens with zero attached hydrogens (tertiary/aromatic N) is 2. The molecule has 6 nitrogen and oxygen atoms in total. The summed E-state index contributed by atoms with van der Waals surface area (Å²) < 4.78 is 0. The normalized spacial score (nSPS) is 18.6. The van der Waals surface area contributed by atoms with Gasteiger partial charge >= 0.3 is 0 Å². The Bertz CT molecular complexity index is 545. The van der Waals surface area contributed by atoms with Gasteiger partial charge in [0.1, 0.15) is 0 Å². The van der Waals surface area contributed by atoms with Gasteiger partial charge < -0.3 is 15.3 Å². The number of carbonyl (C=O) groups is 2. The van der Waals surface area contributed by atoms with Gasteiger partial charge in [0.2, 0.25) is 11.8 Å². The topological polar surface area (TPSA) is 72.9 Å². The molecule has 0 spiro atoms. The number of amides is 2. The molecule has 1 aromatic carbocycles. The van der Waals surface area contributed by atoms with E-state index < -0.39 is 6.04 Å². The molecule has 1 atom stereocenters. The lowest BCUT2D eigenvalue weighted by atomic mass is 10.1. The van der Waals surface area contributed by atoms with Crippen LogP contribution in [0.4, 0.5) is 0 Å². The minimum atomic E-state index is -0.460. The molecule has 6 heteroatoms. The Hall–Kier alpha value is -1.92. The fourth-order valence-corrected chi connectivity index (χ4v) is 2.70. The monoisotopic (exact) mass is 319 g/mol. The van der Waals surface area contributed by atoms with Crippen LogP contribution in [0.2, 0.25) is 0 Å². The number of carbonyl (C=O) groups excluding carboxylic acids is 2. The average molecular weight is 319 g/mol. The number of nitrogens with one attached hydrogen (secondary N) is 1. The fraction of sp³-hybridized carbons (Fsp3) is 0.529. The molecule has 1 unspecified atom stereocenters. The summed E-state index contributed by atoms with van der Waals surface area (Å²) in [6, 6.07) is 7.75. The largest absolute Gasteiger partial charge is 0.395 e. The predicted octanol–water partition coefficient (Wildman–Crippen LogP) is 0.136. The van der Waals surface area contributed by atoms with E-state index in [4.69, 9.17) is 5.11 Å². The number of hydrogen-bond donors (Lipinski definition) is 2. The summed E-state index contributed by atoms with van der Waals surface area (Å²) in [4.78, 5) is 27.9. The second-order valence-corrected chi connectivity index (χ2v) is 6.01. The van der Waals surface area contributed by atoms with Crippen LogP contribution in [-0.2, 0) is 16.1 Å². The fourth-order valence-electron chi connectivity index (χ4n) is 2.70.